The molecule has 104 valence electrons. The van der Waals surface area contributed by atoms with Gasteiger partial charge in [-0.25, -0.2) is 0 Å². The standard InChI is InChI=1S/C16H24N2O/c1-11-4-5-14(8-13(11)3)9-16(19)18-15-10-17-7-6-12(15)2/h4-5,8,12,15,17H,6-7,9-10H2,1-3H3,(H,18,19). The minimum Gasteiger partial charge on any atom is -0.352 e. The van der Waals surface area contributed by atoms with Gasteiger partial charge in [0.25, 0.3) is 0 Å². The first-order valence-corrected chi connectivity index (χ1v) is 7.12. The maximum Gasteiger partial charge on any atom is 0.224 e. The number of carbonyl (C=O) groups is 1. The van der Waals surface area contributed by atoms with Crippen LogP contribution >= 0.6 is 0 Å². The molecule has 1 saturated heterocycles. The van der Waals surface area contributed by atoms with E-state index in [1.165, 1.54) is 11.1 Å². The molecular formula is C16H24N2O. The number of amides is 1. The largest absolute Gasteiger partial charge is 0.352 e. The second kappa shape index (κ2) is 6.20. The molecule has 0 aromatic heterocycles. The first-order valence-electron chi connectivity index (χ1n) is 7.12. The van der Waals surface area contributed by atoms with Gasteiger partial charge >= 0.3 is 0 Å². The highest BCUT2D eigenvalue weighted by molar-refractivity contribution is 5.79. The molecule has 0 aliphatic carbocycles. The van der Waals surface area contributed by atoms with Gasteiger partial charge in [-0.2, -0.15) is 0 Å². The number of nitrogens with one attached hydrogen (secondary N) is 2. The molecule has 3 heteroatoms. The van der Waals surface area contributed by atoms with Crippen LogP contribution in [0.3, 0.4) is 0 Å². The van der Waals surface area contributed by atoms with Crippen molar-refractivity contribution in [3.63, 3.8) is 0 Å². The Kier molecular flexibility index (Phi) is 4.59. The third kappa shape index (κ3) is 3.80. The number of aryl methyl sites for hydroxylation is 2. The number of carbonyl (C=O) groups excluding carboxylic acids is 1. The van der Waals surface area contributed by atoms with Gasteiger partial charge in [-0.3, -0.25) is 4.79 Å². The van der Waals surface area contributed by atoms with Crippen molar-refractivity contribution in [2.24, 2.45) is 5.92 Å². The van der Waals surface area contributed by atoms with Gasteiger partial charge in [-0.1, -0.05) is 25.1 Å². The number of piperidine rings is 1. The van der Waals surface area contributed by atoms with Crippen LogP contribution in [0.15, 0.2) is 18.2 Å². The van der Waals surface area contributed by atoms with Crippen molar-refractivity contribution in [2.45, 2.75) is 39.7 Å². The van der Waals surface area contributed by atoms with Crippen LogP contribution in [-0.2, 0) is 11.2 Å². The van der Waals surface area contributed by atoms with Crippen molar-refractivity contribution in [1.82, 2.24) is 10.6 Å². The van der Waals surface area contributed by atoms with Crippen LogP contribution in [0.1, 0.15) is 30.0 Å². The second-order valence-electron chi connectivity index (χ2n) is 5.74. The Hall–Kier alpha value is -1.35. The minimum atomic E-state index is 0.129. The Balaban J connectivity index is 1.91. The minimum absolute atomic E-state index is 0.129. The summed E-state index contributed by atoms with van der Waals surface area (Å²) in [6.07, 6.45) is 1.61. The zero-order valence-electron chi connectivity index (χ0n) is 12.1. The predicted octanol–water partition coefficient (Wildman–Crippen LogP) is 1.96. The van der Waals surface area contributed by atoms with E-state index in [2.05, 4.69) is 43.5 Å². The van der Waals surface area contributed by atoms with E-state index in [4.69, 9.17) is 0 Å². The van der Waals surface area contributed by atoms with Gasteiger partial charge in [0.15, 0.2) is 0 Å². The fourth-order valence-corrected chi connectivity index (χ4v) is 2.54. The SMILES string of the molecule is Cc1ccc(CC(=O)NC2CNCCC2C)cc1C. The van der Waals surface area contributed by atoms with E-state index >= 15 is 0 Å². The van der Waals surface area contributed by atoms with Gasteiger partial charge in [-0.15, -0.1) is 0 Å². The summed E-state index contributed by atoms with van der Waals surface area (Å²) < 4.78 is 0. The van der Waals surface area contributed by atoms with Crippen molar-refractivity contribution in [3.8, 4) is 0 Å². The fourth-order valence-electron chi connectivity index (χ4n) is 2.54. The maximum atomic E-state index is 12.1. The van der Waals surface area contributed by atoms with E-state index in [1.54, 1.807) is 0 Å². The van der Waals surface area contributed by atoms with Crippen molar-refractivity contribution in [2.75, 3.05) is 13.1 Å². The van der Waals surface area contributed by atoms with E-state index in [9.17, 15) is 4.79 Å². The molecule has 2 N–H and O–H groups in total. The number of hydrogen-bond donors (Lipinski definition) is 2. The molecule has 2 atom stereocenters. The van der Waals surface area contributed by atoms with Crippen LogP contribution in [0.5, 0.6) is 0 Å². The normalized spacial score (nSPS) is 23.1. The molecule has 1 aromatic rings. The highest BCUT2D eigenvalue weighted by atomic mass is 16.1. The average molecular weight is 260 g/mol. The Labute approximate surface area is 115 Å². The van der Waals surface area contributed by atoms with Crippen molar-refractivity contribution >= 4 is 5.91 Å². The number of hydrogen-bond acceptors (Lipinski definition) is 2. The Morgan fingerprint density at radius 1 is 1.37 bits per heavy atom. The summed E-state index contributed by atoms with van der Waals surface area (Å²) in [6, 6.07) is 6.51. The quantitative estimate of drug-likeness (QED) is 0.872. The molecule has 0 spiro atoms. The molecule has 1 aliphatic rings. The van der Waals surface area contributed by atoms with E-state index in [1.807, 2.05) is 6.07 Å². The lowest BCUT2D eigenvalue weighted by molar-refractivity contribution is -0.121. The third-order valence-corrected chi connectivity index (χ3v) is 4.11. The summed E-state index contributed by atoms with van der Waals surface area (Å²) in [5, 5.41) is 6.49. The summed E-state index contributed by atoms with van der Waals surface area (Å²) in [4.78, 5) is 12.1. The van der Waals surface area contributed by atoms with Gasteiger partial charge in [0.1, 0.15) is 0 Å². The lowest BCUT2D eigenvalue weighted by atomic mass is 9.94. The van der Waals surface area contributed by atoms with Gasteiger partial charge in [0, 0.05) is 12.6 Å². The summed E-state index contributed by atoms with van der Waals surface area (Å²) in [5.41, 5.74) is 3.62. The molecule has 2 rings (SSSR count). The molecule has 1 aromatic carbocycles. The topological polar surface area (TPSA) is 41.1 Å². The molecule has 19 heavy (non-hydrogen) atoms. The second-order valence-corrected chi connectivity index (χ2v) is 5.74. The van der Waals surface area contributed by atoms with Crippen molar-refractivity contribution < 1.29 is 4.79 Å². The molecular weight excluding hydrogens is 236 g/mol. The monoisotopic (exact) mass is 260 g/mol. The van der Waals surface area contributed by atoms with Crippen LogP contribution in [-0.4, -0.2) is 25.0 Å². The van der Waals surface area contributed by atoms with Gasteiger partial charge < -0.3 is 10.6 Å². The van der Waals surface area contributed by atoms with Crippen LogP contribution in [0, 0.1) is 19.8 Å². The molecule has 0 bridgehead atoms. The Bertz CT molecular complexity index is 456. The summed E-state index contributed by atoms with van der Waals surface area (Å²) in [7, 11) is 0. The first-order chi connectivity index (χ1) is 9.06. The van der Waals surface area contributed by atoms with E-state index in [0.717, 1.165) is 25.1 Å². The maximum absolute atomic E-state index is 12.1. The average Bonchev–Trinajstić information content (AvgIpc) is 2.37. The Morgan fingerprint density at radius 2 is 2.16 bits per heavy atom. The molecule has 0 saturated carbocycles. The smallest absolute Gasteiger partial charge is 0.224 e. The number of benzene rings is 1. The zero-order chi connectivity index (χ0) is 13.8. The highest BCUT2D eigenvalue weighted by Gasteiger charge is 2.22. The van der Waals surface area contributed by atoms with Crippen molar-refractivity contribution in [1.29, 1.82) is 0 Å². The van der Waals surface area contributed by atoms with E-state index < -0.39 is 0 Å². The van der Waals surface area contributed by atoms with Crippen LogP contribution in [0.2, 0.25) is 0 Å². The van der Waals surface area contributed by atoms with Crippen LogP contribution in [0.4, 0.5) is 0 Å². The molecule has 2 unspecified atom stereocenters. The molecule has 1 aliphatic heterocycles. The first kappa shape index (κ1) is 14.1. The fraction of sp³-hybridized carbons (Fsp3) is 0.562. The van der Waals surface area contributed by atoms with Crippen LogP contribution in [0.25, 0.3) is 0 Å². The summed E-state index contributed by atoms with van der Waals surface area (Å²) >= 11 is 0. The predicted molar refractivity (Wildman–Crippen MR) is 78.2 cm³/mol. The molecule has 1 fully saturated rings. The molecule has 0 radical (unpaired) electrons. The zero-order valence-corrected chi connectivity index (χ0v) is 12.1. The Morgan fingerprint density at radius 3 is 2.84 bits per heavy atom. The van der Waals surface area contributed by atoms with Gasteiger partial charge in [-0.05, 0) is 49.4 Å². The lowest BCUT2D eigenvalue weighted by Crippen LogP contribution is -2.50. The highest BCUT2D eigenvalue weighted by Crippen LogP contribution is 2.13. The third-order valence-electron chi connectivity index (χ3n) is 4.11. The molecule has 1 heterocycles. The summed E-state index contributed by atoms with van der Waals surface area (Å²) in [5.74, 6) is 0.689. The van der Waals surface area contributed by atoms with E-state index in [0.29, 0.717) is 12.3 Å². The van der Waals surface area contributed by atoms with Crippen molar-refractivity contribution in [3.05, 3.63) is 34.9 Å². The molecule has 3 nitrogen and oxygen atoms in total. The molecule has 1 amide bonds. The van der Waals surface area contributed by atoms with Gasteiger partial charge in [0.05, 0.1) is 6.42 Å². The van der Waals surface area contributed by atoms with Gasteiger partial charge in [0.2, 0.25) is 5.91 Å². The number of rotatable bonds is 3. The van der Waals surface area contributed by atoms with E-state index in [-0.39, 0.29) is 11.9 Å². The van der Waals surface area contributed by atoms with Crippen LogP contribution < -0.4 is 10.6 Å². The summed E-state index contributed by atoms with van der Waals surface area (Å²) in [6.45, 7) is 8.34. The lowest BCUT2D eigenvalue weighted by Gasteiger charge is -2.30.